The number of likely N-dealkylation sites (N-methyl/N-ethyl adjacent to an activating group) is 1. The number of aliphatic hydroxyl groups is 1. The van der Waals surface area contributed by atoms with Gasteiger partial charge in [0.1, 0.15) is 17.8 Å². The zero-order valence-electron chi connectivity index (χ0n) is 39.1. The number of amides is 5. The molecule has 0 saturated carbocycles. The molecule has 2 unspecified atom stereocenters. The summed E-state index contributed by atoms with van der Waals surface area (Å²) < 4.78 is 35.0. The Hall–Kier alpha value is -6.31. The number of pyridine rings is 1. The number of halogens is 2. The van der Waals surface area contributed by atoms with Crippen LogP contribution in [0.15, 0.2) is 66.0 Å². The van der Waals surface area contributed by atoms with Gasteiger partial charge in [0.15, 0.2) is 0 Å². The lowest BCUT2D eigenvalue weighted by Crippen LogP contribution is -2.57. The van der Waals surface area contributed by atoms with Gasteiger partial charge in [0, 0.05) is 138 Å². The molecular weight excluding hydrogens is 891 g/mol. The highest BCUT2D eigenvalue weighted by Gasteiger charge is 2.45. The zero-order chi connectivity index (χ0) is 48.5. The Balaban J connectivity index is 0.772. The number of carbonyl (C=O) groups is 5. The molecule has 2 atom stereocenters. The van der Waals surface area contributed by atoms with Crippen LogP contribution in [0.4, 0.5) is 20.2 Å². The Morgan fingerprint density at radius 1 is 0.884 bits per heavy atom. The minimum Gasteiger partial charge on any atom is -0.385 e. The van der Waals surface area contributed by atoms with E-state index in [1.807, 2.05) is 6.07 Å². The Kier molecular flexibility index (Phi) is 14.1. The number of ether oxygens (including phenoxy) is 1. The molecule has 19 heteroatoms. The lowest BCUT2D eigenvalue weighted by Gasteiger charge is -2.39. The van der Waals surface area contributed by atoms with Crippen LogP contribution in [0.1, 0.15) is 95.1 Å². The lowest BCUT2D eigenvalue weighted by molar-refractivity contribution is -0.129. The van der Waals surface area contributed by atoms with E-state index in [1.165, 1.54) is 19.2 Å². The lowest BCUT2D eigenvalue weighted by atomic mass is 9.95. The minimum absolute atomic E-state index is 0.0916. The first kappa shape index (κ1) is 47.7. The van der Waals surface area contributed by atoms with Gasteiger partial charge in [-0.15, -0.1) is 0 Å². The van der Waals surface area contributed by atoms with Crippen molar-refractivity contribution in [3.63, 3.8) is 0 Å². The molecule has 0 radical (unpaired) electrons. The molecule has 9 rings (SSSR count). The SMILES string of the molecule is CC(=O)N1CCC(NC2CCOCC2)=C(C(=N)N(C)c2ccc(-c3ccc(C(=O)N4CCC(CN5CCN(c6ccc7c(c6)C(=O)N(C6CCC(=O)NC6O)C7=O)CC5)CC4)nc3)c(C(F)F)c2)C1. The molecule has 17 nitrogen and oxygen atoms in total. The fourth-order valence-corrected chi connectivity index (χ4v) is 10.5. The van der Waals surface area contributed by atoms with Crippen molar-refractivity contribution < 1.29 is 42.6 Å². The van der Waals surface area contributed by atoms with Crippen LogP contribution in [0.2, 0.25) is 0 Å². The van der Waals surface area contributed by atoms with Crippen molar-refractivity contribution in [2.24, 2.45) is 5.92 Å². The first-order valence-corrected chi connectivity index (χ1v) is 24.0. The number of amidine groups is 1. The van der Waals surface area contributed by atoms with Gasteiger partial charge in [-0.3, -0.25) is 44.2 Å². The maximum Gasteiger partial charge on any atom is 0.272 e. The Labute approximate surface area is 399 Å². The average molecular weight is 951 g/mol. The summed E-state index contributed by atoms with van der Waals surface area (Å²) in [5.41, 5.74) is 4.14. The summed E-state index contributed by atoms with van der Waals surface area (Å²) in [6, 6.07) is 12.6. The monoisotopic (exact) mass is 950 g/mol. The highest BCUT2D eigenvalue weighted by molar-refractivity contribution is 6.22. The Morgan fingerprint density at radius 3 is 2.29 bits per heavy atom. The second-order valence-electron chi connectivity index (χ2n) is 18.9. The quantitative estimate of drug-likeness (QED) is 0.122. The van der Waals surface area contributed by atoms with Crippen LogP contribution in [0.3, 0.4) is 0 Å². The van der Waals surface area contributed by atoms with Gasteiger partial charge in [-0.2, -0.15) is 0 Å². The molecule has 6 aliphatic heterocycles. The molecule has 3 aromatic rings. The predicted octanol–water partition coefficient (Wildman–Crippen LogP) is 4.24. The number of anilines is 2. The van der Waals surface area contributed by atoms with Gasteiger partial charge in [-0.1, -0.05) is 12.1 Å². The normalized spacial score (nSPS) is 22.0. The van der Waals surface area contributed by atoms with Crippen molar-refractivity contribution in [3.8, 4) is 11.1 Å². The van der Waals surface area contributed by atoms with E-state index >= 15 is 0 Å². The van der Waals surface area contributed by atoms with E-state index in [0.29, 0.717) is 73.1 Å². The molecule has 4 N–H and O–H groups in total. The van der Waals surface area contributed by atoms with Crippen LogP contribution in [0.25, 0.3) is 11.1 Å². The first-order valence-electron chi connectivity index (χ1n) is 24.0. The van der Waals surface area contributed by atoms with Crippen molar-refractivity contribution >= 4 is 46.7 Å². The molecule has 0 spiro atoms. The van der Waals surface area contributed by atoms with E-state index in [9.17, 15) is 43.3 Å². The van der Waals surface area contributed by atoms with Crippen LogP contribution in [0, 0.1) is 11.3 Å². The van der Waals surface area contributed by atoms with E-state index in [-0.39, 0.29) is 65.8 Å². The third-order valence-electron chi connectivity index (χ3n) is 14.7. The van der Waals surface area contributed by atoms with Gasteiger partial charge < -0.3 is 40.1 Å². The smallest absolute Gasteiger partial charge is 0.272 e. The molecule has 7 heterocycles. The van der Waals surface area contributed by atoms with E-state index in [4.69, 9.17) is 4.74 Å². The van der Waals surface area contributed by atoms with Crippen LogP contribution >= 0.6 is 0 Å². The van der Waals surface area contributed by atoms with Gasteiger partial charge in [-0.05, 0) is 80.0 Å². The number of piperidine rings is 2. The molecule has 4 saturated heterocycles. The van der Waals surface area contributed by atoms with Crippen LogP contribution in [-0.2, 0) is 14.3 Å². The summed E-state index contributed by atoms with van der Waals surface area (Å²) in [6.07, 6.45) is 1.55. The number of piperazine rings is 1. The molecule has 0 bridgehead atoms. The van der Waals surface area contributed by atoms with Crippen molar-refractivity contribution in [1.82, 2.24) is 35.2 Å². The van der Waals surface area contributed by atoms with Gasteiger partial charge in [0.2, 0.25) is 11.8 Å². The Morgan fingerprint density at radius 2 is 1.61 bits per heavy atom. The highest BCUT2D eigenvalue weighted by Crippen LogP contribution is 2.36. The number of alkyl halides is 2. The van der Waals surface area contributed by atoms with Crippen molar-refractivity contribution in [3.05, 3.63) is 88.4 Å². The number of likely N-dealkylation sites (tertiary alicyclic amines) is 1. The molecule has 2 aromatic carbocycles. The standard InChI is InChI=1S/C50H60F2N10O7/c1-30(63)61-18-13-41(55-33-14-23-69-24-15-33)40(29-61)46(53)57(2)34-4-6-36(38(25-34)45(51)52)32-3-8-42(54-27-32)50(68)60-16-11-31(12-17-60)28-58-19-21-59(22-20-58)35-5-7-37-39(26-35)49(67)62(48(37)66)43-9-10-44(64)56-47(43)65/h3-8,25-27,31,33,43,45,47,53,55,65H,9-24,28-29H2,1-2H3,(H,56,64). The number of hydrogen-bond acceptors (Lipinski definition) is 12. The second-order valence-corrected chi connectivity index (χ2v) is 18.9. The molecule has 4 fully saturated rings. The summed E-state index contributed by atoms with van der Waals surface area (Å²) in [5.74, 6) is -1.03. The molecule has 0 aliphatic carbocycles. The summed E-state index contributed by atoms with van der Waals surface area (Å²) >= 11 is 0. The summed E-state index contributed by atoms with van der Waals surface area (Å²) in [7, 11) is 1.67. The van der Waals surface area contributed by atoms with Crippen molar-refractivity contribution in [2.45, 2.75) is 76.6 Å². The van der Waals surface area contributed by atoms with Crippen LogP contribution in [-0.4, -0.2) is 163 Å². The van der Waals surface area contributed by atoms with Gasteiger partial charge in [0.25, 0.3) is 24.1 Å². The fourth-order valence-electron chi connectivity index (χ4n) is 10.5. The number of imide groups is 1. The van der Waals surface area contributed by atoms with Crippen LogP contribution in [0.5, 0.6) is 0 Å². The van der Waals surface area contributed by atoms with Crippen molar-refractivity contribution in [1.29, 1.82) is 5.41 Å². The molecule has 5 amide bonds. The number of benzene rings is 2. The fraction of sp³-hybridized carbons (Fsp3) is 0.500. The van der Waals surface area contributed by atoms with E-state index < -0.39 is 30.5 Å². The van der Waals surface area contributed by atoms with Gasteiger partial charge in [0.05, 0.1) is 23.7 Å². The number of aliphatic hydroxyl groups excluding tert-OH is 1. The van der Waals surface area contributed by atoms with E-state index in [0.717, 1.165) is 74.7 Å². The summed E-state index contributed by atoms with van der Waals surface area (Å²) in [5, 5.41) is 25.6. The maximum absolute atomic E-state index is 14.8. The number of fused-ring (bicyclic) bond motifs is 1. The summed E-state index contributed by atoms with van der Waals surface area (Å²) in [6.45, 7) is 8.71. The third-order valence-corrected chi connectivity index (χ3v) is 14.7. The Bertz CT molecular complexity index is 2520. The van der Waals surface area contributed by atoms with Gasteiger partial charge >= 0.3 is 0 Å². The largest absolute Gasteiger partial charge is 0.385 e. The highest BCUT2D eigenvalue weighted by atomic mass is 19.3. The molecule has 6 aliphatic rings. The predicted molar refractivity (Wildman–Crippen MR) is 253 cm³/mol. The number of aromatic nitrogens is 1. The van der Waals surface area contributed by atoms with E-state index in [2.05, 4.69) is 25.4 Å². The first-order chi connectivity index (χ1) is 33.2. The zero-order valence-corrected chi connectivity index (χ0v) is 39.1. The number of nitrogens with one attached hydrogen (secondary N) is 3. The molecule has 69 heavy (non-hydrogen) atoms. The second kappa shape index (κ2) is 20.3. The number of hydrogen-bond donors (Lipinski definition) is 4. The topological polar surface area (TPSA) is 195 Å². The van der Waals surface area contributed by atoms with Crippen LogP contribution < -0.4 is 20.4 Å². The third kappa shape index (κ3) is 10.1. The number of rotatable bonds is 11. The number of nitrogens with zero attached hydrogens (tertiary/aromatic N) is 7. The molecule has 366 valence electrons. The summed E-state index contributed by atoms with van der Waals surface area (Å²) in [4.78, 5) is 79.5. The maximum atomic E-state index is 14.8. The average Bonchev–Trinajstić information content (AvgIpc) is 3.61. The number of carbonyl (C=O) groups excluding carboxylic acids is 5. The molecular formula is C50H60F2N10O7. The minimum atomic E-state index is -2.82. The molecule has 1 aromatic heterocycles. The van der Waals surface area contributed by atoms with Crippen molar-refractivity contribution in [2.75, 3.05) is 89.0 Å². The van der Waals surface area contributed by atoms with Gasteiger partial charge in [-0.25, -0.2) is 8.78 Å². The van der Waals surface area contributed by atoms with E-state index in [1.54, 1.807) is 58.1 Å².